The largest absolute Gasteiger partial charge is 0.485 e. The van der Waals surface area contributed by atoms with E-state index in [9.17, 15) is 27.6 Å². The Kier molecular flexibility index (Phi) is 7.73. The van der Waals surface area contributed by atoms with Gasteiger partial charge >= 0.3 is 18.1 Å². The fourth-order valence-corrected chi connectivity index (χ4v) is 5.11. The maximum atomic E-state index is 13.0. The molecule has 0 radical (unpaired) electrons. The number of alkyl halides is 3. The number of ether oxygens (including phenoxy) is 3. The van der Waals surface area contributed by atoms with Gasteiger partial charge in [0, 0.05) is 18.3 Å². The number of halogens is 3. The van der Waals surface area contributed by atoms with Gasteiger partial charge < -0.3 is 14.2 Å². The lowest BCUT2D eigenvalue weighted by Gasteiger charge is -2.20. The van der Waals surface area contributed by atoms with Gasteiger partial charge in [0.05, 0.1) is 17.5 Å². The van der Waals surface area contributed by atoms with Crippen molar-refractivity contribution in [3.63, 3.8) is 0 Å². The number of hydrogen-bond acceptors (Lipinski definition) is 6. The number of fused-ring (bicyclic) bond motifs is 1. The molecule has 0 bridgehead atoms. The molecule has 0 amide bonds. The zero-order valence-electron chi connectivity index (χ0n) is 21.2. The fraction of sp³-hybridized carbons (Fsp3) is 0.258. The lowest BCUT2D eigenvalue weighted by molar-refractivity contribution is -0.142. The molecule has 0 spiro atoms. The van der Waals surface area contributed by atoms with Crippen LogP contribution < -0.4 is 4.74 Å². The third-order valence-electron chi connectivity index (χ3n) is 7.08. The lowest BCUT2D eigenvalue weighted by atomic mass is 9.91. The molecule has 6 nitrogen and oxygen atoms in total. The van der Waals surface area contributed by atoms with Crippen molar-refractivity contribution in [3.8, 4) is 16.9 Å². The molecule has 1 aliphatic heterocycles. The van der Waals surface area contributed by atoms with Crippen molar-refractivity contribution < 1.29 is 41.8 Å². The van der Waals surface area contributed by atoms with Crippen molar-refractivity contribution >= 4 is 17.7 Å². The highest BCUT2D eigenvalue weighted by molar-refractivity contribution is 5.91. The highest BCUT2D eigenvalue weighted by atomic mass is 19.4. The second kappa shape index (κ2) is 11.4. The molecule has 1 saturated carbocycles. The van der Waals surface area contributed by atoms with Gasteiger partial charge in [0.1, 0.15) is 18.0 Å². The van der Waals surface area contributed by atoms with Crippen LogP contribution in [0.15, 0.2) is 91.0 Å². The fourth-order valence-electron chi connectivity index (χ4n) is 5.11. The minimum absolute atomic E-state index is 0.0858. The van der Waals surface area contributed by atoms with Crippen molar-refractivity contribution in [3.05, 3.63) is 102 Å². The third kappa shape index (κ3) is 6.25. The molecule has 0 N–H and O–H groups in total. The number of carbonyl (C=O) groups excluding carboxylic acids is 3. The van der Waals surface area contributed by atoms with Crippen LogP contribution in [0.1, 0.15) is 28.8 Å². The predicted molar refractivity (Wildman–Crippen MR) is 138 cm³/mol. The summed E-state index contributed by atoms with van der Waals surface area (Å²) in [5.41, 5.74) is 1.45. The Balaban J connectivity index is 1.23. The van der Waals surface area contributed by atoms with Crippen LogP contribution in [0.5, 0.6) is 5.75 Å². The molecule has 2 aliphatic rings. The molecular formula is C31H25F3O6. The Labute approximate surface area is 228 Å². The van der Waals surface area contributed by atoms with Crippen LogP contribution in [-0.2, 0) is 25.2 Å². The molecule has 5 rings (SSSR count). The molecule has 0 aromatic heterocycles. The summed E-state index contributed by atoms with van der Waals surface area (Å²) in [5, 5.41) is 0. The first kappa shape index (κ1) is 27.2. The Bertz CT molecular complexity index is 1410. The van der Waals surface area contributed by atoms with Crippen LogP contribution in [0.4, 0.5) is 13.2 Å². The van der Waals surface area contributed by atoms with E-state index in [0.29, 0.717) is 12.0 Å². The summed E-state index contributed by atoms with van der Waals surface area (Å²) in [6.07, 6.45) is -2.34. The molecule has 3 aromatic rings. The Morgan fingerprint density at radius 3 is 2.40 bits per heavy atom. The molecule has 9 heteroatoms. The third-order valence-corrected chi connectivity index (χ3v) is 7.08. The molecule has 40 heavy (non-hydrogen) atoms. The molecule has 1 aliphatic carbocycles. The number of hydrogen-bond donors (Lipinski definition) is 0. The Morgan fingerprint density at radius 1 is 0.950 bits per heavy atom. The summed E-state index contributed by atoms with van der Waals surface area (Å²) in [4.78, 5) is 37.3. The molecule has 4 atom stereocenters. The minimum Gasteiger partial charge on any atom is -0.485 e. The van der Waals surface area contributed by atoms with Crippen LogP contribution in [0.25, 0.3) is 11.1 Å². The molecule has 3 aromatic carbocycles. The van der Waals surface area contributed by atoms with Crippen LogP contribution in [0.3, 0.4) is 0 Å². The van der Waals surface area contributed by atoms with E-state index in [1.165, 1.54) is 18.2 Å². The van der Waals surface area contributed by atoms with Gasteiger partial charge in [-0.3, -0.25) is 9.59 Å². The van der Waals surface area contributed by atoms with E-state index in [4.69, 9.17) is 14.2 Å². The molecule has 1 heterocycles. The predicted octanol–water partition coefficient (Wildman–Crippen LogP) is 6.05. The van der Waals surface area contributed by atoms with Gasteiger partial charge in [0.2, 0.25) is 0 Å². The monoisotopic (exact) mass is 550 g/mol. The zero-order valence-corrected chi connectivity index (χ0v) is 21.2. The van der Waals surface area contributed by atoms with Crippen molar-refractivity contribution in [2.45, 2.75) is 31.2 Å². The molecule has 206 valence electrons. The topological polar surface area (TPSA) is 78.9 Å². The Hall–Kier alpha value is -4.40. The van der Waals surface area contributed by atoms with Crippen LogP contribution in [0.2, 0.25) is 0 Å². The summed E-state index contributed by atoms with van der Waals surface area (Å²) in [6, 6.07) is 21.0. The smallest absolute Gasteiger partial charge is 0.416 e. The van der Waals surface area contributed by atoms with Gasteiger partial charge in [0.15, 0.2) is 12.4 Å². The van der Waals surface area contributed by atoms with E-state index in [0.717, 1.165) is 23.3 Å². The van der Waals surface area contributed by atoms with Crippen LogP contribution in [-0.4, -0.2) is 36.5 Å². The SMILES string of the molecule is O=C(/C=C/[C@H]1[C@@H]2CC(=O)O[C@@H]2C[C@@H]1OC(=O)c1ccc(-c2ccccc2)cc1)COc1cccc(C(F)(F)F)c1. The van der Waals surface area contributed by atoms with Gasteiger partial charge in [0.25, 0.3) is 0 Å². The number of benzene rings is 3. The van der Waals surface area contributed by atoms with Gasteiger partial charge in [-0.15, -0.1) is 0 Å². The highest BCUT2D eigenvalue weighted by Gasteiger charge is 2.50. The van der Waals surface area contributed by atoms with Crippen molar-refractivity contribution in [1.82, 2.24) is 0 Å². The van der Waals surface area contributed by atoms with Gasteiger partial charge in [-0.25, -0.2) is 4.79 Å². The minimum atomic E-state index is -4.53. The maximum Gasteiger partial charge on any atom is 0.416 e. The average Bonchev–Trinajstić information content (AvgIpc) is 3.46. The van der Waals surface area contributed by atoms with E-state index in [-0.39, 0.29) is 24.1 Å². The normalized spacial score (nSPS) is 22.1. The van der Waals surface area contributed by atoms with Crippen molar-refractivity contribution in [2.24, 2.45) is 11.8 Å². The number of carbonyl (C=O) groups is 3. The summed E-state index contributed by atoms with van der Waals surface area (Å²) < 4.78 is 55.2. The second-order valence-electron chi connectivity index (χ2n) is 9.74. The quantitative estimate of drug-likeness (QED) is 0.251. The van der Waals surface area contributed by atoms with E-state index >= 15 is 0 Å². The molecular weight excluding hydrogens is 525 g/mol. The second-order valence-corrected chi connectivity index (χ2v) is 9.74. The van der Waals surface area contributed by atoms with Gasteiger partial charge in [-0.05, 0) is 47.5 Å². The van der Waals surface area contributed by atoms with Crippen molar-refractivity contribution in [2.75, 3.05) is 6.61 Å². The molecule has 1 saturated heterocycles. The first-order valence-corrected chi connectivity index (χ1v) is 12.7. The summed E-state index contributed by atoms with van der Waals surface area (Å²) in [6.45, 7) is -0.480. The zero-order chi connectivity index (χ0) is 28.3. The van der Waals surface area contributed by atoms with E-state index in [1.807, 2.05) is 42.5 Å². The number of ketones is 1. The van der Waals surface area contributed by atoms with Gasteiger partial charge in [-0.1, -0.05) is 54.6 Å². The van der Waals surface area contributed by atoms with E-state index in [2.05, 4.69) is 0 Å². The average molecular weight is 551 g/mol. The summed E-state index contributed by atoms with van der Waals surface area (Å²) in [5.74, 6) is -2.19. The number of esters is 2. The first-order valence-electron chi connectivity index (χ1n) is 12.7. The first-order chi connectivity index (χ1) is 19.2. The van der Waals surface area contributed by atoms with E-state index < -0.39 is 48.2 Å². The molecule has 2 fully saturated rings. The lowest BCUT2D eigenvalue weighted by Crippen LogP contribution is -2.25. The van der Waals surface area contributed by atoms with Crippen LogP contribution >= 0.6 is 0 Å². The highest BCUT2D eigenvalue weighted by Crippen LogP contribution is 2.43. The Morgan fingerprint density at radius 2 is 1.68 bits per heavy atom. The standard InChI is InChI=1S/C31H25F3O6/c32-31(33,34)22-7-4-8-24(15-22)38-18-23(35)13-14-25-26-16-29(36)39-28(26)17-27(25)40-30(37)21-11-9-20(10-12-21)19-5-2-1-3-6-19/h1-15,25-28H,16-18H2/b14-13+/t25-,26-,27-,28+/m0/s1. The summed E-state index contributed by atoms with van der Waals surface area (Å²) >= 11 is 0. The van der Waals surface area contributed by atoms with E-state index in [1.54, 1.807) is 18.2 Å². The van der Waals surface area contributed by atoms with Crippen LogP contribution in [0, 0.1) is 11.8 Å². The number of rotatable bonds is 8. The van der Waals surface area contributed by atoms with Crippen molar-refractivity contribution in [1.29, 1.82) is 0 Å². The van der Waals surface area contributed by atoms with Gasteiger partial charge in [-0.2, -0.15) is 13.2 Å². The summed E-state index contributed by atoms with van der Waals surface area (Å²) in [7, 11) is 0. The maximum absolute atomic E-state index is 13.0. The molecule has 0 unspecified atom stereocenters.